The first-order valence-electron chi connectivity index (χ1n) is 7.95. The molecule has 5 nitrogen and oxygen atoms in total. The van der Waals surface area contributed by atoms with Crippen LogP contribution in [0.2, 0.25) is 0 Å². The van der Waals surface area contributed by atoms with E-state index in [9.17, 15) is 9.59 Å². The molecule has 2 N–H and O–H groups in total. The van der Waals surface area contributed by atoms with Crippen LogP contribution in [-0.2, 0) is 9.53 Å². The molecule has 0 saturated heterocycles. The number of amides is 2. The first kappa shape index (κ1) is 19.0. The molecule has 1 rings (SSSR count). The zero-order valence-electron chi connectivity index (χ0n) is 14.8. The molecule has 0 bridgehead atoms. The van der Waals surface area contributed by atoms with Gasteiger partial charge in [-0.15, -0.1) is 0 Å². The van der Waals surface area contributed by atoms with Gasteiger partial charge in [0.1, 0.15) is 11.6 Å². The van der Waals surface area contributed by atoms with E-state index in [1.807, 2.05) is 51.1 Å². The second-order valence-electron chi connectivity index (χ2n) is 7.01. The lowest BCUT2D eigenvalue weighted by atomic mass is 10.0. The molecule has 23 heavy (non-hydrogen) atoms. The predicted molar refractivity (Wildman–Crippen MR) is 91.0 cm³/mol. The van der Waals surface area contributed by atoms with Crippen molar-refractivity contribution in [3.63, 3.8) is 0 Å². The molecule has 0 aliphatic rings. The largest absolute Gasteiger partial charge is 0.444 e. The summed E-state index contributed by atoms with van der Waals surface area (Å²) in [6, 6.07) is 8.92. The van der Waals surface area contributed by atoms with Gasteiger partial charge in [-0.2, -0.15) is 0 Å². The monoisotopic (exact) mass is 320 g/mol. The Morgan fingerprint density at radius 1 is 1.00 bits per heavy atom. The first-order chi connectivity index (χ1) is 10.6. The smallest absolute Gasteiger partial charge is 0.408 e. The Hall–Kier alpha value is -2.04. The van der Waals surface area contributed by atoms with Crippen molar-refractivity contribution in [3.05, 3.63) is 35.9 Å². The minimum atomic E-state index is -0.643. The summed E-state index contributed by atoms with van der Waals surface area (Å²) in [6.45, 7) is 11.0. The number of carbonyl (C=O) groups excluding carboxylic acids is 2. The van der Waals surface area contributed by atoms with Crippen LogP contribution >= 0.6 is 0 Å². The number of ether oxygens (including phenoxy) is 1. The van der Waals surface area contributed by atoms with Gasteiger partial charge in [0.15, 0.2) is 0 Å². The fraction of sp³-hybridized carbons (Fsp3) is 0.556. The minimum absolute atomic E-state index is 0.0505. The highest BCUT2D eigenvalue weighted by atomic mass is 16.6. The van der Waals surface area contributed by atoms with Gasteiger partial charge in [0, 0.05) is 0 Å². The number of carbonyl (C=O) groups is 2. The number of nitrogens with one attached hydrogen (secondary N) is 2. The van der Waals surface area contributed by atoms with Gasteiger partial charge in [-0.05, 0) is 39.2 Å². The van der Waals surface area contributed by atoms with Crippen LogP contribution in [0.4, 0.5) is 4.79 Å². The molecule has 0 saturated carbocycles. The zero-order valence-corrected chi connectivity index (χ0v) is 14.8. The van der Waals surface area contributed by atoms with E-state index < -0.39 is 17.7 Å². The van der Waals surface area contributed by atoms with Crippen molar-refractivity contribution >= 4 is 12.0 Å². The number of rotatable bonds is 5. The van der Waals surface area contributed by atoms with E-state index >= 15 is 0 Å². The van der Waals surface area contributed by atoms with Gasteiger partial charge in [0.25, 0.3) is 0 Å². The van der Waals surface area contributed by atoms with Crippen LogP contribution in [0.3, 0.4) is 0 Å². The molecule has 0 spiro atoms. The summed E-state index contributed by atoms with van der Waals surface area (Å²) in [5, 5.41) is 5.59. The molecule has 1 aromatic carbocycles. The number of alkyl carbamates (subject to hydrolysis) is 1. The predicted octanol–water partition coefficient (Wildman–Crippen LogP) is 3.41. The maximum absolute atomic E-state index is 12.5. The van der Waals surface area contributed by atoms with E-state index in [2.05, 4.69) is 10.6 Å². The molecule has 2 atom stereocenters. The lowest BCUT2D eigenvalue weighted by molar-refractivity contribution is -0.124. The molecule has 1 aromatic rings. The van der Waals surface area contributed by atoms with Gasteiger partial charge in [0.05, 0.1) is 6.04 Å². The fourth-order valence-corrected chi connectivity index (χ4v) is 2.10. The van der Waals surface area contributed by atoms with Crippen LogP contribution in [0.5, 0.6) is 0 Å². The second-order valence-corrected chi connectivity index (χ2v) is 7.01. The van der Waals surface area contributed by atoms with E-state index in [0.717, 1.165) is 5.56 Å². The zero-order chi connectivity index (χ0) is 17.6. The standard InChI is InChI=1S/C18H28N2O3/c1-12(2)15(20-17(22)23-18(4,5)6)16(21)19-13(3)14-10-8-7-9-11-14/h7-13,15H,1-6H3,(H,19,21)(H,20,22). The molecule has 0 heterocycles. The first-order valence-corrected chi connectivity index (χ1v) is 7.95. The van der Waals surface area contributed by atoms with Gasteiger partial charge in [-0.25, -0.2) is 4.79 Å². The summed E-state index contributed by atoms with van der Waals surface area (Å²) >= 11 is 0. The quantitative estimate of drug-likeness (QED) is 0.873. The van der Waals surface area contributed by atoms with Gasteiger partial charge in [0.2, 0.25) is 5.91 Å². The van der Waals surface area contributed by atoms with Crippen LogP contribution in [0.25, 0.3) is 0 Å². The molecule has 0 aliphatic heterocycles. The second kappa shape index (κ2) is 7.99. The third kappa shape index (κ3) is 6.72. The minimum Gasteiger partial charge on any atom is -0.444 e. The lowest BCUT2D eigenvalue weighted by Gasteiger charge is -2.26. The van der Waals surface area contributed by atoms with Crippen LogP contribution in [0.15, 0.2) is 30.3 Å². The SMILES string of the molecule is CC(NC(=O)C(NC(=O)OC(C)(C)C)C(C)C)c1ccccc1. The topological polar surface area (TPSA) is 67.4 Å². The maximum atomic E-state index is 12.5. The Kier molecular flexibility index (Phi) is 6.61. The van der Waals surface area contributed by atoms with E-state index in [1.54, 1.807) is 20.8 Å². The summed E-state index contributed by atoms with van der Waals surface area (Å²) in [4.78, 5) is 24.4. The molecule has 2 amide bonds. The molecular formula is C18H28N2O3. The number of hydrogen-bond donors (Lipinski definition) is 2. The van der Waals surface area contributed by atoms with Crippen LogP contribution < -0.4 is 10.6 Å². The van der Waals surface area contributed by atoms with Gasteiger partial charge >= 0.3 is 6.09 Å². The average molecular weight is 320 g/mol. The summed E-state index contributed by atoms with van der Waals surface area (Å²) in [5.74, 6) is -0.271. The number of benzene rings is 1. The Morgan fingerprint density at radius 2 is 1.57 bits per heavy atom. The van der Waals surface area contributed by atoms with Crippen molar-refractivity contribution in [2.24, 2.45) is 5.92 Å². The van der Waals surface area contributed by atoms with Crippen molar-refractivity contribution in [2.75, 3.05) is 0 Å². The molecule has 5 heteroatoms. The molecule has 128 valence electrons. The Morgan fingerprint density at radius 3 is 2.04 bits per heavy atom. The summed E-state index contributed by atoms with van der Waals surface area (Å²) in [6.07, 6.45) is -0.585. The van der Waals surface area contributed by atoms with E-state index in [0.29, 0.717) is 0 Å². The normalized spacial score (nSPS) is 14.0. The third-order valence-corrected chi connectivity index (χ3v) is 3.28. The average Bonchev–Trinajstić information content (AvgIpc) is 2.43. The fourth-order valence-electron chi connectivity index (χ4n) is 2.10. The van der Waals surface area contributed by atoms with Crippen molar-refractivity contribution in [3.8, 4) is 0 Å². The van der Waals surface area contributed by atoms with Crippen molar-refractivity contribution in [1.82, 2.24) is 10.6 Å². The molecule has 0 aliphatic carbocycles. The maximum Gasteiger partial charge on any atom is 0.408 e. The summed E-state index contributed by atoms with van der Waals surface area (Å²) in [7, 11) is 0. The van der Waals surface area contributed by atoms with E-state index in [4.69, 9.17) is 4.74 Å². The van der Waals surface area contributed by atoms with Gasteiger partial charge in [-0.3, -0.25) is 4.79 Å². The van der Waals surface area contributed by atoms with Crippen LogP contribution in [0.1, 0.15) is 53.1 Å². The van der Waals surface area contributed by atoms with Crippen molar-refractivity contribution in [1.29, 1.82) is 0 Å². The van der Waals surface area contributed by atoms with Gasteiger partial charge in [-0.1, -0.05) is 44.2 Å². The Labute approximate surface area is 138 Å². The van der Waals surface area contributed by atoms with E-state index in [1.165, 1.54) is 0 Å². The van der Waals surface area contributed by atoms with Crippen LogP contribution in [0, 0.1) is 5.92 Å². The third-order valence-electron chi connectivity index (χ3n) is 3.28. The Balaban J connectivity index is 2.70. The van der Waals surface area contributed by atoms with E-state index in [-0.39, 0.29) is 17.9 Å². The summed E-state index contributed by atoms with van der Waals surface area (Å²) < 4.78 is 5.23. The highest BCUT2D eigenvalue weighted by Crippen LogP contribution is 2.13. The lowest BCUT2D eigenvalue weighted by Crippen LogP contribution is -2.51. The molecule has 2 unspecified atom stereocenters. The molecule has 0 aromatic heterocycles. The molecule has 0 fully saturated rings. The highest BCUT2D eigenvalue weighted by Gasteiger charge is 2.27. The highest BCUT2D eigenvalue weighted by molar-refractivity contribution is 5.86. The molecule has 0 radical (unpaired) electrons. The van der Waals surface area contributed by atoms with Crippen LogP contribution in [-0.4, -0.2) is 23.6 Å². The van der Waals surface area contributed by atoms with Crippen molar-refractivity contribution in [2.45, 2.75) is 59.2 Å². The Bertz CT molecular complexity index is 521. The van der Waals surface area contributed by atoms with Gasteiger partial charge < -0.3 is 15.4 Å². The van der Waals surface area contributed by atoms with Crippen molar-refractivity contribution < 1.29 is 14.3 Å². The molecular weight excluding hydrogens is 292 g/mol. The number of hydrogen-bond acceptors (Lipinski definition) is 3. The summed E-state index contributed by atoms with van der Waals surface area (Å²) in [5.41, 5.74) is 0.417.